The Hall–Kier alpha value is -2.31. The van der Waals surface area contributed by atoms with Crippen LogP contribution in [0, 0.1) is 6.92 Å². The van der Waals surface area contributed by atoms with Crippen LogP contribution >= 0.6 is 11.6 Å². The van der Waals surface area contributed by atoms with Crippen molar-refractivity contribution in [2.45, 2.75) is 33.0 Å². The van der Waals surface area contributed by atoms with Crippen molar-refractivity contribution in [3.8, 4) is 0 Å². The summed E-state index contributed by atoms with van der Waals surface area (Å²) < 4.78 is 5.74. The minimum Gasteiger partial charge on any atom is -0.372 e. The Kier molecular flexibility index (Phi) is 5.64. The molecule has 3 rings (SSSR count). The molecule has 2 atom stereocenters. The van der Waals surface area contributed by atoms with E-state index >= 15 is 0 Å². The fourth-order valence-electron chi connectivity index (χ4n) is 2.94. The van der Waals surface area contributed by atoms with Gasteiger partial charge >= 0.3 is 0 Å². The number of hydrogen-bond donors (Lipinski definition) is 2. The predicted octanol–water partition coefficient (Wildman–Crippen LogP) is 3.41. The smallest absolute Gasteiger partial charge is 0.271 e. The molecule has 0 unspecified atom stereocenters. The number of hydrazine groups is 1. The van der Waals surface area contributed by atoms with E-state index in [0.29, 0.717) is 10.6 Å². The average molecular weight is 375 g/mol. The SMILES string of the molecule is Cc1ccc(NNC(=O)c2ccc(N3C[C@@H](C)O[C@H](C)C3)nc2)cc1Cl. The molecule has 1 aromatic heterocycles. The zero-order chi connectivity index (χ0) is 18.7. The van der Waals surface area contributed by atoms with E-state index < -0.39 is 0 Å². The normalized spacial score (nSPS) is 19.9. The summed E-state index contributed by atoms with van der Waals surface area (Å²) in [6, 6.07) is 9.13. The number of benzene rings is 1. The van der Waals surface area contributed by atoms with Gasteiger partial charge in [0.05, 0.1) is 23.5 Å². The Balaban J connectivity index is 1.60. The number of anilines is 2. The molecule has 7 heteroatoms. The minimum atomic E-state index is -0.260. The number of hydrogen-bond acceptors (Lipinski definition) is 5. The second-order valence-electron chi connectivity index (χ2n) is 6.61. The lowest BCUT2D eigenvalue weighted by Crippen LogP contribution is -2.45. The van der Waals surface area contributed by atoms with Gasteiger partial charge in [-0.25, -0.2) is 4.98 Å². The highest BCUT2D eigenvalue weighted by molar-refractivity contribution is 6.31. The molecule has 0 saturated carbocycles. The van der Waals surface area contributed by atoms with E-state index in [-0.39, 0.29) is 18.1 Å². The molecule has 1 aliphatic heterocycles. The highest BCUT2D eigenvalue weighted by atomic mass is 35.5. The van der Waals surface area contributed by atoms with Crippen molar-refractivity contribution in [1.82, 2.24) is 10.4 Å². The van der Waals surface area contributed by atoms with Gasteiger partial charge < -0.3 is 9.64 Å². The molecule has 138 valence electrons. The van der Waals surface area contributed by atoms with Crippen LogP contribution in [0.3, 0.4) is 0 Å². The van der Waals surface area contributed by atoms with Crippen LogP contribution in [0.25, 0.3) is 0 Å². The third-order valence-corrected chi connectivity index (χ3v) is 4.65. The number of aryl methyl sites for hydroxylation is 1. The first-order valence-corrected chi connectivity index (χ1v) is 8.99. The van der Waals surface area contributed by atoms with Gasteiger partial charge in [-0.2, -0.15) is 0 Å². The fraction of sp³-hybridized carbons (Fsp3) is 0.368. The molecule has 2 aromatic rings. The summed E-state index contributed by atoms with van der Waals surface area (Å²) in [5.74, 6) is 0.589. The summed E-state index contributed by atoms with van der Waals surface area (Å²) in [5.41, 5.74) is 7.70. The Labute approximate surface area is 158 Å². The molecule has 0 radical (unpaired) electrons. The van der Waals surface area contributed by atoms with Gasteiger partial charge in [0.1, 0.15) is 5.82 Å². The number of amides is 1. The molecule has 1 saturated heterocycles. The Bertz CT molecular complexity index is 772. The molecule has 0 bridgehead atoms. The van der Waals surface area contributed by atoms with E-state index in [1.807, 2.05) is 39.0 Å². The molecule has 6 nitrogen and oxygen atoms in total. The first-order valence-electron chi connectivity index (χ1n) is 8.61. The summed E-state index contributed by atoms with van der Waals surface area (Å²) >= 11 is 6.08. The third-order valence-electron chi connectivity index (χ3n) is 4.25. The maximum Gasteiger partial charge on any atom is 0.271 e. The Morgan fingerprint density at radius 3 is 2.58 bits per heavy atom. The number of pyridine rings is 1. The standard InChI is InChI=1S/C19H23ClN4O2/c1-12-4-6-16(8-17(12)20)22-23-19(25)15-5-7-18(21-9-15)24-10-13(2)26-14(3)11-24/h4-9,13-14,22H,10-11H2,1-3H3,(H,23,25)/t13-,14-/m1/s1. The number of rotatable bonds is 4. The number of nitrogens with one attached hydrogen (secondary N) is 2. The summed E-state index contributed by atoms with van der Waals surface area (Å²) in [6.45, 7) is 7.60. The van der Waals surface area contributed by atoms with Crippen molar-refractivity contribution in [1.29, 1.82) is 0 Å². The molecule has 1 fully saturated rings. The van der Waals surface area contributed by atoms with Gasteiger partial charge in [0.15, 0.2) is 0 Å². The van der Waals surface area contributed by atoms with Crippen molar-refractivity contribution in [2.75, 3.05) is 23.4 Å². The second-order valence-corrected chi connectivity index (χ2v) is 7.02. The van der Waals surface area contributed by atoms with Gasteiger partial charge in [0, 0.05) is 24.3 Å². The van der Waals surface area contributed by atoms with Gasteiger partial charge in [-0.1, -0.05) is 17.7 Å². The zero-order valence-corrected chi connectivity index (χ0v) is 15.9. The predicted molar refractivity (Wildman–Crippen MR) is 104 cm³/mol. The quantitative estimate of drug-likeness (QED) is 0.803. The number of ether oxygens (including phenoxy) is 1. The topological polar surface area (TPSA) is 66.5 Å². The number of carbonyl (C=O) groups is 1. The van der Waals surface area contributed by atoms with Crippen molar-refractivity contribution in [3.05, 3.63) is 52.7 Å². The molecular formula is C19H23ClN4O2. The largest absolute Gasteiger partial charge is 0.372 e. The van der Waals surface area contributed by atoms with E-state index in [4.69, 9.17) is 16.3 Å². The molecule has 1 amide bonds. The first kappa shape index (κ1) is 18.5. The molecule has 2 N–H and O–H groups in total. The molecule has 1 aliphatic rings. The molecule has 0 aliphatic carbocycles. The van der Waals surface area contributed by atoms with Gasteiger partial charge in [0.25, 0.3) is 5.91 Å². The zero-order valence-electron chi connectivity index (χ0n) is 15.1. The molecule has 0 spiro atoms. The third kappa shape index (κ3) is 4.45. The number of aromatic nitrogens is 1. The minimum absolute atomic E-state index is 0.161. The van der Waals surface area contributed by atoms with Crippen LogP contribution in [0.2, 0.25) is 5.02 Å². The summed E-state index contributed by atoms with van der Waals surface area (Å²) in [4.78, 5) is 18.9. The number of morpholine rings is 1. The van der Waals surface area contributed by atoms with Crippen molar-refractivity contribution < 1.29 is 9.53 Å². The van der Waals surface area contributed by atoms with Gasteiger partial charge in [-0.05, 0) is 50.6 Å². The maximum absolute atomic E-state index is 12.3. The number of halogens is 1. The summed E-state index contributed by atoms with van der Waals surface area (Å²) in [7, 11) is 0. The lowest BCUT2D eigenvalue weighted by atomic mass is 10.2. The molecular weight excluding hydrogens is 352 g/mol. The van der Waals surface area contributed by atoms with Crippen molar-refractivity contribution >= 4 is 29.0 Å². The first-order chi connectivity index (χ1) is 12.4. The van der Waals surface area contributed by atoms with Crippen LogP contribution in [-0.2, 0) is 4.74 Å². The van der Waals surface area contributed by atoms with E-state index in [1.54, 1.807) is 18.3 Å². The van der Waals surface area contributed by atoms with Crippen LogP contribution in [0.15, 0.2) is 36.5 Å². The Morgan fingerprint density at radius 2 is 1.96 bits per heavy atom. The second kappa shape index (κ2) is 7.93. The van der Waals surface area contributed by atoms with Crippen LogP contribution in [0.4, 0.5) is 11.5 Å². The average Bonchev–Trinajstić information content (AvgIpc) is 2.62. The fourth-order valence-corrected chi connectivity index (χ4v) is 3.12. The molecule has 2 heterocycles. The number of carbonyl (C=O) groups excluding carboxylic acids is 1. The van der Waals surface area contributed by atoms with E-state index in [0.717, 1.165) is 30.2 Å². The van der Waals surface area contributed by atoms with Crippen LogP contribution < -0.4 is 15.8 Å². The Morgan fingerprint density at radius 1 is 1.23 bits per heavy atom. The highest BCUT2D eigenvalue weighted by Gasteiger charge is 2.23. The maximum atomic E-state index is 12.3. The van der Waals surface area contributed by atoms with E-state index in [2.05, 4.69) is 20.7 Å². The summed E-state index contributed by atoms with van der Waals surface area (Å²) in [5, 5.41) is 0.643. The van der Waals surface area contributed by atoms with Crippen molar-refractivity contribution in [2.24, 2.45) is 0 Å². The van der Waals surface area contributed by atoms with Crippen LogP contribution in [-0.4, -0.2) is 36.2 Å². The highest BCUT2D eigenvalue weighted by Crippen LogP contribution is 2.20. The molecule has 26 heavy (non-hydrogen) atoms. The van der Waals surface area contributed by atoms with E-state index in [9.17, 15) is 4.79 Å². The molecule has 1 aromatic carbocycles. The lowest BCUT2D eigenvalue weighted by molar-refractivity contribution is -0.00546. The summed E-state index contributed by atoms with van der Waals surface area (Å²) in [6.07, 6.45) is 1.90. The number of nitrogens with zero attached hydrogens (tertiary/aromatic N) is 2. The van der Waals surface area contributed by atoms with E-state index in [1.165, 1.54) is 0 Å². The van der Waals surface area contributed by atoms with Gasteiger partial charge in [-0.3, -0.25) is 15.6 Å². The van der Waals surface area contributed by atoms with Crippen LogP contribution in [0.5, 0.6) is 0 Å². The monoisotopic (exact) mass is 374 g/mol. The lowest BCUT2D eigenvalue weighted by Gasteiger charge is -2.36. The van der Waals surface area contributed by atoms with Gasteiger partial charge in [0.2, 0.25) is 0 Å². The van der Waals surface area contributed by atoms with Crippen molar-refractivity contribution in [3.63, 3.8) is 0 Å². The van der Waals surface area contributed by atoms with Crippen LogP contribution in [0.1, 0.15) is 29.8 Å². The van der Waals surface area contributed by atoms with Gasteiger partial charge in [-0.15, -0.1) is 0 Å².